The van der Waals surface area contributed by atoms with Crippen molar-refractivity contribution < 1.29 is 9.53 Å². The molecule has 0 spiro atoms. The van der Waals surface area contributed by atoms with Crippen LogP contribution in [0.15, 0.2) is 47.4 Å². The van der Waals surface area contributed by atoms with Gasteiger partial charge in [-0.2, -0.15) is 0 Å². The van der Waals surface area contributed by atoms with Gasteiger partial charge >= 0.3 is 5.97 Å². The Labute approximate surface area is 132 Å². The first kappa shape index (κ1) is 14.3. The van der Waals surface area contributed by atoms with E-state index < -0.39 is 5.97 Å². The van der Waals surface area contributed by atoms with Crippen LogP contribution in [0.25, 0.3) is 0 Å². The number of hydrogen-bond acceptors (Lipinski definition) is 4. The molecule has 0 amide bonds. The summed E-state index contributed by atoms with van der Waals surface area (Å²) in [6.07, 6.45) is 0. The lowest BCUT2D eigenvalue weighted by Crippen LogP contribution is -2.13. The van der Waals surface area contributed by atoms with Crippen LogP contribution in [-0.2, 0) is 4.74 Å². The number of halogens is 1. The van der Waals surface area contributed by atoms with Gasteiger partial charge in [0.05, 0.1) is 17.2 Å². The number of rotatable bonds is 3. The van der Waals surface area contributed by atoms with Gasteiger partial charge in [0.2, 0.25) is 0 Å². The molecular weight excluding hydrogens is 306 g/mol. The molecule has 0 aliphatic carbocycles. The van der Waals surface area contributed by atoms with Crippen molar-refractivity contribution in [3.8, 4) is 0 Å². The van der Waals surface area contributed by atoms with Gasteiger partial charge in [0.25, 0.3) is 0 Å². The number of nitrogen functional groups attached to an aromatic ring is 1. The highest BCUT2D eigenvalue weighted by atomic mass is 35.5. The maximum Gasteiger partial charge on any atom is 0.339 e. The van der Waals surface area contributed by atoms with Crippen LogP contribution in [0, 0.1) is 0 Å². The van der Waals surface area contributed by atoms with E-state index in [1.165, 1.54) is 10.5 Å². The van der Waals surface area contributed by atoms with Gasteiger partial charge in [0, 0.05) is 22.3 Å². The summed E-state index contributed by atoms with van der Waals surface area (Å²) in [6, 6.07) is 13.0. The fourth-order valence-corrected chi connectivity index (χ4v) is 3.82. The van der Waals surface area contributed by atoms with Gasteiger partial charge < -0.3 is 10.5 Å². The number of thioether (sulfide) groups is 1. The summed E-state index contributed by atoms with van der Waals surface area (Å²) in [7, 11) is 0. The fourth-order valence-electron chi connectivity index (χ4n) is 2.32. The van der Waals surface area contributed by atoms with E-state index in [4.69, 9.17) is 22.1 Å². The molecule has 2 aromatic rings. The second kappa shape index (κ2) is 6.00. The van der Waals surface area contributed by atoms with Crippen LogP contribution in [0.4, 0.5) is 5.69 Å². The zero-order valence-corrected chi connectivity index (χ0v) is 12.8. The number of ether oxygens (including phenoxy) is 1. The molecule has 1 aliphatic rings. The summed E-state index contributed by atoms with van der Waals surface area (Å²) in [6.45, 7) is 0.365. The summed E-state index contributed by atoms with van der Waals surface area (Å²) in [5.74, 6) is 0.763. The minimum absolute atomic E-state index is 0.239. The van der Waals surface area contributed by atoms with E-state index in [0.29, 0.717) is 22.9 Å². The van der Waals surface area contributed by atoms with E-state index in [0.717, 1.165) is 5.75 Å². The van der Waals surface area contributed by atoms with Crippen LogP contribution in [0.3, 0.4) is 0 Å². The highest BCUT2D eigenvalue weighted by molar-refractivity contribution is 7.99. The van der Waals surface area contributed by atoms with Crippen LogP contribution in [0.1, 0.15) is 21.8 Å². The summed E-state index contributed by atoms with van der Waals surface area (Å²) < 4.78 is 5.41. The summed E-state index contributed by atoms with van der Waals surface area (Å²) in [4.78, 5) is 13.4. The fraction of sp³-hybridized carbons (Fsp3) is 0.188. The molecule has 0 saturated carbocycles. The first-order valence-corrected chi connectivity index (χ1v) is 7.95. The molecular formula is C16H14ClNO2S. The summed E-state index contributed by atoms with van der Waals surface area (Å²) in [5.41, 5.74) is 7.74. The van der Waals surface area contributed by atoms with Crippen molar-refractivity contribution in [2.24, 2.45) is 0 Å². The molecule has 3 nitrogen and oxygen atoms in total. The van der Waals surface area contributed by atoms with Gasteiger partial charge in [-0.05, 0) is 29.8 Å². The first-order valence-electron chi connectivity index (χ1n) is 6.59. The number of nitrogens with two attached hydrogens (primary N) is 1. The Morgan fingerprint density at radius 3 is 2.95 bits per heavy atom. The average molecular weight is 320 g/mol. The van der Waals surface area contributed by atoms with Crippen molar-refractivity contribution in [1.82, 2.24) is 0 Å². The SMILES string of the molecule is Nc1ccc(C(=O)OCC2CSc3ccccc32)c(Cl)c1. The van der Waals surface area contributed by atoms with Crippen LogP contribution in [0.2, 0.25) is 5.02 Å². The number of benzene rings is 2. The van der Waals surface area contributed by atoms with Gasteiger partial charge in [-0.3, -0.25) is 0 Å². The lowest BCUT2D eigenvalue weighted by Gasteiger charge is -2.12. The molecule has 2 aromatic carbocycles. The molecule has 1 unspecified atom stereocenters. The highest BCUT2D eigenvalue weighted by Crippen LogP contribution is 2.39. The Kier molecular flexibility index (Phi) is 4.08. The minimum Gasteiger partial charge on any atom is -0.461 e. The number of fused-ring (bicyclic) bond motifs is 1. The molecule has 1 heterocycles. The van der Waals surface area contributed by atoms with E-state index in [1.54, 1.807) is 30.0 Å². The smallest absolute Gasteiger partial charge is 0.339 e. The first-order chi connectivity index (χ1) is 10.1. The van der Waals surface area contributed by atoms with E-state index >= 15 is 0 Å². The van der Waals surface area contributed by atoms with Crippen molar-refractivity contribution in [2.75, 3.05) is 18.1 Å². The Morgan fingerprint density at radius 2 is 2.14 bits per heavy atom. The van der Waals surface area contributed by atoms with E-state index in [2.05, 4.69) is 12.1 Å². The summed E-state index contributed by atoms with van der Waals surface area (Å²) in [5, 5.41) is 0.321. The Hall–Kier alpha value is -1.65. The third-order valence-corrected chi connectivity index (χ3v) is 4.99. The van der Waals surface area contributed by atoms with Crippen LogP contribution in [-0.4, -0.2) is 18.3 Å². The molecule has 5 heteroatoms. The van der Waals surface area contributed by atoms with Crippen molar-refractivity contribution in [1.29, 1.82) is 0 Å². The maximum atomic E-state index is 12.1. The van der Waals surface area contributed by atoms with Gasteiger partial charge in [-0.25, -0.2) is 4.79 Å². The van der Waals surface area contributed by atoms with Crippen molar-refractivity contribution in [3.05, 3.63) is 58.6 Å². The molecule has 0 aromatic heterocycles. The van der Waals surface area contributed by atoms with Gasteiger partial charge in [-0.1, -0.05) is 29.8 Å². The molecule has 2 N–H and O–H groups in total. The van der Waals surface area contributed by atoms with Gasteiger partial charge in [-0.15, -0.1) is 11.8 Å². The maximum absolute atomic E-state index is 12.1. The standard InChI is InChI=1S/C16H14ClNO2S/c17-14-7-11(18)5-6-13(14)16(19)20-8-10-9-21-15-4-2-1-3-12(10)15/h1-7,10H,8-9,18H2. The molecule has 3 rings (SSSR count). The lowest BCUT2D eigenvalue weighted by molar-refractivity contribution is 0.0487. The van der Waals surface area contributed by atoms with Gasteiger partial charge in [0.15, 0.2) is 0 Å². The number of carbonyl (C=O) groups is 1. The van der Waals surface area contributed by atoms with Crippen LogP contribution >= 0.6 is 23.4 Å². The number of hydrogen-bond donors (Lipinski definition) is 1. The van der Waals surface area contributed by atoms with Gasteiger partial charge in [0.1, 0.15) is 0 Å². The third-order valence-electron chi connectivity index (χ3n) is 3.43. The molecule has 1 atom stereocenters. The largest absolute Gasteiger partial charge is 0.461 e. The Balaban J connectivity index is 1.67. The number of anilines is 1. The second-order valence-electron chi connectivity index (χ2n) is 4.88. The topological polar surface area (TPSA) is 52.3 Å². The lowest BCUT2D eigenvalue weighted by atomic mass is 10.0. The normalized spacial score (nSPS) is 16.5. The Morgan fingerprint density at radius 1 is 1.33 bits per heavy atom. The second-order valence-corrected chi connectivity index (χ2v) is 6.35. The highest BCUT2D eigenvalue weighted by Gasteiger charge is 2.24. The van der Waals surface area contributed by atoms with Crippen molar-refractivity contribution in [3.63, 3.8) is 0 Å². The number of esters is 1. The van der Waals surface area contributed by atoms with Crippen LogP contribution < -0.4 is 5.73 Å². The zero-order chi connectivity index (χ0) is 14.8. The molecule has 0 bridgehead atoms. The van der Waals surface area contributed by atoms with E-state index in [-0.39, 0.29) is 5.92 Å². The molecule has 1 aliphatic heterocycles. The third kappa shape index (κ3) is 3.01. The van der Waals surface area contributed by atoms with Crippen molar-refractivity contribution >= 4 is 35.0 Å². The quantitative estimate of drug-likeness (QED) is 0.687. The molecule has 0 radical (unpaired) electrons. The molecule has 21 heavy (non-hydrogen) atoms. The van der Waals surface area contributed by atoms with E-state index in [9.17, 15) is 4.79 Å². The average Bonchev–Trinajstić information content (AvgIpc) is 2.88. The minimum atomic E-state index is -0.408. The van der Waals surface area contributed by atoms with Crippen molar-refractivity contribution in [2.45, 2.75) is 10.8 Å². The van der Waals surface area contributed by atoms with Crippen LogP contribution in [0.5, 0.6) is 0 Å². The Bertz CT molecular complexity index is 690. The summed E-state index contributed by atoms with van der Waals surface area (Å²) >= 11 is 7.81. The molecule has 0 saturated heterocycles. The molecule has 0 fully saturated rings. The monoisotopic (exact) mass is 319 g/mol. The predicted octanol–water partition coefficient (Wildman–Crippen LogP) is 3.97. The zero-order valence-electron chi connectivity index (χ0n) is 11.2. The molecule has 108 valence electrons. The number of carbonyl (C=O) groups excluding carboxylic acids is 1. The predicted molar refractivity (Wildman–Crippen MR) is 86.1 cm³/mol. The van der Waals surface area contributed by atoms with E-state index in [1.807, 2.05) is 12.1 Å².